The van der Waals surface area contributed by atoms with E-state index in [2.05, 4.69) is 4.98 Å². The minimum atomic E-state index is -0.524. The Kier molecular flexibility index (Phi) is 5.59. The number of nitrogens with zero attached hydrogens (tertiary/aromatic N) is 1. The Morgan fingerprint density at radius 3 is 2.78 bits per heavy atom. The van der Waals surface area contributed by atoms with Gasteiger partial charge in [-0.05, 0) is 30.9 Å². The van der Waals surface area contributed by atoms with Crippen molar-refractivity contribution >= 4 is 17.5 Å². The summed E-state index contributed by atoms with van der Waals surface area (Å²) in [5, 5.41) is 0.181. The second kappa shape index (κ2) is 6.97. The SMILES string of the molecule is CC=CC=CCc1cnc(Cl)c(C(N)=O)c1CC. The molecule has 0 bridgehead atoms. The number of aromatic nitrogens is 1. The van der Waals surface area contributed by atoms with Crippen LogP contribution in [0.1, 0.15) is 35.3 Å². The molecule has 0 atom stereocenters. The predicted octanol–water partition coefficient (Wildman–Crippen LogP) is 3.07. The van der Waals surface area contributed by atoms with Crippen LogP contribution in [-0.2, 0) is 12.8 Å². The lowest BCUT2D eigenvalue weighted by Crippen LogP contribution is -2.16. The van der Waals surface area contributed by atoms with E-state index in [1.165, 1.54) is 0 Å². The molecule has 1 aromatic rings. The largest absolute Gasteiger partial charge is 0.365 e. The number of allylic oxidation sites excluding steroid dienone is 4. The highest BCUT2D eigenvalue weighted by atomic mass is 35.5. The van der Waals surface area contributed by atoms with E-state index in [-0.39, 0.29) is 5.15 Å². The first-order valence-electron chi connectivity index (χ1n) is 5.85. The molecule has 0 aliphatic rings. The van der Waals surface area contributed by atoms with E-state index >= 15 is 0 Å². The third-order valence-corrected chi connectivity index (χ3v) is 2.89. The lowest BCUT2D eigenvalue weighted by atomic mass is 9.99. The predicted molar refractivity (Wildman–Crippen MR) is 74.8 cm³/mol. The van der Waals surface area contributed by atoms with Crippen molar-refractivity contribution in [1.82, 2.24) is 4.98 Å². The Bertz CT molecular complexity index is 493. The molecule has 0 spiro atoms. The number of carbonyl (C=O) groups excluding carboxylic acids is 1. The molecule has 0 saturated carbocycles. The van der Waals surface area contributed by atoms with Crippen molar-refractivity contribution in [1.29, 1.82) is 0 Å². The van der Waals surface area contributed by atoms with Crippen molar-refractivity contribution in [3.05, 3.63) is 52.3 Å². The molecular formula is C14H17ClN2O. The van der Waals surface area contributed by atoms with Gasteiger partial charge in [-0.25, -0.2) is 4.98 Å². The first kappa shape index (κ1) is 14.5. The number of nitrogens with two attached hydrogens (primary N) is 1. The van der Waals surface area contributed by atoms with Crippen LogP contribution in [0.15, 0.2) is 30.5 Å². The molecule has 4 heteroatoms. The first-order chi connectivity index (χ1) is 8.61. The van der Waals surface area contributed by atoms with Crippen LogP contribution in [0.25, 0.3) is 0 Å². The molecule has 1 rings (SSSR count). The summed E-state index contributed by atoms with van der Waals surface area (Å²) < 4.78 is 0. The molecule has 1 amide bonds. The highest BCUT2D eigenvalue weighted by Gasteiger charge is 2.15. The van der Waals surface area contributed by atoms with Gasteiger partial charge in [-0.1, -0.05) is 42.8 Å². The van der Waals surface area contributed by atoms with E-state index in [0.717, 1.165) is 11.1 Å². The van der Waals surface area contributed by atoms with Gasteiger partial charge in [0.2, 0.25) is 0 Å². The van der Waals surface area contributed by atoms with Crippen LogP contribution in [0, 0.1) is 0 Å². The number of halogens is 1. The number of pyridine rings is 1. The lowest BCUT2D eigenvalue weighted by molar-refractivity contribution is 0.0999. The molecule has 0 fully saturated rings. The molecule has 0 aliphatic carbocycles. The summed E-state index contributed by atoms with van der Waals surface area (Å²) >= 11 is 5.92. The van der Waals surface area contributed by atoms with Crippen LogP contribution >= 0.6 is 11.6 Å². The fraction of sp³-hybridized carbons (Fsp3) is 0.286. The van der Waals surface area contributed by atoms with Gasteiger partial charge >= 0.3 is 0 Å². The minimum absolute atomic E-state index is 0.181. The van der Waals surface area contributed by atoms with Crippen LogP contribution in [0.2, 0.25) is 5.15 Å². The molecule has 1 aromatic heterocycles. The fourth-order valence-electron chi connectivity index (χ4n) is 1.78. The van der Waals surface area contributed by atoms with Crippen LogP contribution in [-0.4, -0.2) is 10.9 Å². The standard InChI is InChI=1S/C14H17ClN2O/c1-3-5-6-7-8-10-9-17-13(15)12(14(16)18)11(10)4-2/h3,5-7,9H,4,8H2,1-2H3,(H2,16,18). The maximum absolute atomic E-state index is 11.4. The molecule has 2 N–H and O–H groups in total. The van der Waals surface area contributed by atoms with Gasteiger partial charge < -0.3 is 5.73 Å². The van der Waals surface area contributed by atoms with E-state index in [1.54, 1.807) is 6.20 Å². The zero-order valence-electron chi connectivity index (χ0n) is 10.6. The number of hydrogen-bond donors (Lipinski definition) is 1. The van der Waals surface area contributed by atoms with E-state index in [0.29, 0.717) is 18.4 Å². The van der Waals surface area contributed by atoms with Gasteiger partial charge in [-0.15, -0.1) is 0 Å². The van der Waals surface area contributed by atoms with Crippen LogP contribution in [0.3, 0.4) is 0 Å². The summed E-state index contributed by atoms with van der Waals surface area (Å²) in [4.78, 5) is 15.4. The van der Waals surface area contributed by atoms with E-state index in [1.807, 2.05) is 38.2 Å². The quantitative estimate of drug-likeness (QED) is 0.656. The number of amides is 1. The molecule has 3 nitrogen and oxygen atoms in total. The zero-order valence-corrected chi connectivity index (χ0v) is 11.4. The lowest BCUT2D eigenvalue weighted by Gasteiger charge is -2.10. The summed E-state index contributed by atoms with van der Waals surface area (Å²) in [5.74, 6) is -0.524. The average molecular weight is 265 g/mol. The van der Waals surface area contributed by atoms with Gasteiger partial charge in [0.1, 0.15) is 5.15 Å². The molecule has 0 radical (unpaired) electrons. The molecule has 0 unspecified atom stereocenters. The number of primary amides is 1. The zero-order chi connectivity index (χ0) is 13.5. The fourth-order valence-corrected chi connectivity index (χ4v) is 2.03. The average Bonchev–Trinajstić information content (AvgIpc) is 2.35. The third kappa shape index (κ3) is 3.44. The van der Waals surface area contributed by atoms with Crippen LogP contribution < -0.4 is 5.73 Å². The molecular weight excluding hydrogens is 248 g/mol. The van der Waals surface area contributed by atoms with Crippen molar-refractivity contribution < 1.29 is 4.79 Å². The molecule has 18 heavy (non-hydrogen) atoms. The molecule has 0 aliphatic heterocycles. The van der Waals surface area contributed by atoms with Crippen molar-refractivity contribution in [2.24, 2.45) is 5.73 Å². The molecule has 0 aromatic carbocycles. The summed E-state index contributed by atoms with van der Waals surface area (Å²) in [6.45, 7) is 3.92. The van der Waals surface area contributed by atoms with E-state index in [4.69, 9.17) is 17.3 Å². The Balaban J connectivity index is 3.13. The second-order valence-electron chi connectivity index (χ2n) is 3.80. The van der Waals surface area contributed by atoms with Crippen molar-refractivity contribution in [2.45, 2.75) is 26.7 Å². The molecule has 96 valence electrons. The van der Waals surface area contributed by atoms with Crippen LogP contribution in [0.5, 0.6) is 0 Å². The third-order valence-electron chi connectivity index (χ3n) is 2.61. The van der Waals surface area contributed by atoms with Crippen molar-refractivity contribution in [3.8, 4) is 0 Å². The highest BCUT2D eigenvalue weighted by molar-refractivity contribution is 6.32. The summed E-state index contributed by atoms with van der Waals surface area (Å²) in [7, 11) is 0. The minimum Gasteiger partial charge on any atom is -0.365 e. The topological polar surface area (TPSA) is 56.0 Å². The van der Waals surface area contributed by atoms with Gasteiger partial charge in [0.05, 0.1) is 5.56 Å². The smallest absolute Gasteiger partial charge is 0.252 e. The second-order valence-corrected chi connectivity index (χ2v) is 4.16. The van der Waals surface area contributed by atoms with Gasteiger partial charge in [0.15, 0.2) is 0 Å². The number of hydrogen-bond acceptors (Lipinski definition) is 2. The van der Waals surface area contributed by atoms with Gasteiger partial charge in [-0.2, -0.15) is 0 Å². The first-order valence-corrected chi connectivity index (χ1v) is 6.23. The van der Waals surface area contributed by atoms with Crippen molar-refractivity contribution in [3.63, 3.8) is 0 Å². The molecule has 0 saturated heterocycles. The number of carbonyl (C=O) groups is 1. The summed E-state index contributed by atoms with van der Waals surface area (Å²) in [6.07, 6.45) is 11.0. The maximum Gasteiger partial charge on any atom is 0.252 e. The Hall–Kier alpha value is -1.61. The molecule has 1 heterocycles. The van der Waals surface area contributed by atoms with E-state index < -0.39 is 5.91 Å². The number of rotatable bonds is 5. The van der Waals surface area contributed by atoms with Gasteiger partial charge in [-0.3, -0.25) is 4.79 Å². The summed E-state index contributed by atoms with van der Waals surface area (Å²) in [6, 6.07) is 0. The monoisotopic (exact) mass is 264 g/mol. The van der Waals surface area contributed by atoms with Crippen LogP contribution in [0.4, 0.5) is 0 Å². The Labute approximate surface area is 112 Å². The van der Waals surface area contributed by atoms with Crippen molar-refractivity contribution in [2.75, 3.05) is 0 Å². The Morgan fingerprint density at radius 2 is 2.22 bits per heavy atom. The van der Waals surface area contributed by atoms with E-state index in [9.17, 15) is 4.79 Å². The van der Waals surface area contributed by atoms with Gasteiger partial charge in [0.25, 0.3) is 5.91 Å². The summed E-state index contributed by atoms with van der Waals surface area (Å²) in [5.41, 5.74) is 7.55. The van der Waals surface area contributed by atoms with Gasteiger partial charge in [0, 0.05) is 6.20 Å². The highest BCUT2D eigenvalue weighted by Crippen LogP contribution is 2.22. The maximum atomic E-state index is 11.4. The Morgan fingerprint density at radius 1 is 1.50 bits per heavy atom. The normalized spacial score (nSPS) is 11.5.